The molecule has 0 amide bonds. The quantitative estimate of drug-likeness (QED) is 0.402. The lowest BCUT2D eigenvalue weighted by atomic mass is 9.95. The predicted octanol–water partition coefficient (Wildman–Crippen LogP) is 1.46. The van der Waals surface area contributed by atoms with Crippen LogP contribution in [0.1, 0.15) is 41.4 Å². The van der Waals surface area contributed by atoms with Crippen LogP contribution in [0.3, 0.4) is 0 Å². The Balaban J connectivity index is 3.14. The zero-order chi connectivity index (χ0) is 24.8. The second-order valence-electron chi connectivity index (χ2n) is 5.89. The van der Waals surface area contributed by atoms with E-state index < -0.39 is 87.5 Å². The van der Waals surface area contributed by atoms with Crippen LogP contribution < -0.4 is 0 Å². The van der Waals surface area contributed by atoms with Gasteiger partial charge in [0.25, 0.3) is 0 Å². The van der Waals surface area contributed by atoms with Gasteiger partial charge < -0.3 is 20.4 Å². The van der Waals surface area contributed by atoms with Crippen LogP contribution in [-0.2, 0) is 20.4 Å². The van der Waals surface area contributed by atoms with Gasteiger partial charge in [-0.25, -0.2) is 19.2 Å². The third-order valence-corrected chi connectivity index (χ3v) is 5.65. The topological polar surface area (TPSA) is 217 Å². The first-order valence-corrected chi connectivity index (χ1v) is 10.4. The molecule has 0 aliphatic rings. The summed E-state index contributed by atoms with van der Waals surface area (Å²) in [6.07, 6.45) is 0. The molecular formula is C16H8F2O12S2. The van der Waals surface area contributed by atoms with Gasteiger partial charge in [0.1, 0.15) is 9.79 Å². The fourth-order valence-corrected chi connectivity index (χ4v) is 4.15. The van der Waals surface area contributed by atoms with Gasteiger partial charge in [0.05, 0.1) is 22.3 Å². The molecule has 2 rings (SSSR count). The highest BCUT2D eigenvalue weighted by atomic mass is 32.3. The van der Waals surface area contributed by atoms with E-state index in [9.17, 15) is 54.0 Å². The van der Waals surface area contributed by atoms with Crippen molar-refractivity contribution < 1.29 is 64.2 Å². The molecule has 2 aromatic carbocycles. The van der Waals surface area contributed by atoms with Crippen molar-refractivity contribution in [2.45, 2.75) is 9.79 Å². The van der Waals surface area contributed by atoms with Crippen LogP contribution in [0.4, 0.5) is 7.77 Å². The Hall–Kier alpha value is -3.92. The van der Waals surface area contributed by atoms with Gasteiger partial charge in [0, 0.05) is 0 Å². The van der Waals surface area contributed by atoms with E-state index in [0.29, 0.717) is 12.1 Å². The Labute approximate surface area is 176 Å². The van der Waals surface area contributed by atoms with E-state index in [2.05, 4.69) is 0 Å². The van der Waals surface area contributed by atoms with E-state index in [4.69, 9.17) is 10.2 Å². The minimum absolute atomic E-state index is 0.237. The largest absolute Gasteiger partial charge is 0.478 e. The minimum Gasteiger partial charge on any atom is -0.478 e. The summed E-state index contributed by atoms with van der Waals surface area (Å²) in [6, 6.07) is 1.33. The van der Waals surface area contributed by atoms with Crippen LogP contribution in [0.15, 0.2) is 34.1 Å². The number of halogens is 2. The number of aromatic carboxylic acids is 4. The molecule has 16 heteroatoms. The third-order valence-electron chi connectivity index (χ3n) is 3.95. The Morgan fingerprint density at radius 2 is 0.844 bits per heavy atom. The summed E-state index contributed by atoms with van der Waals surface area (Å²) in [4.78, 5) is 42.1. The van der Waals surface area contributed by atoms with Gasteiger partial charge in [-0.2, -0.15) is 16.8 Å². The van der Waals surface area contributed by atoms with E-state index in [0.717, 1.165) is 0 Å². The number of carboxylic acid groups (broad SMARTS) is 4. The molecule has 0 spiro atoms. The molecule has 170 valence electrons. The Morgan fingerprint density at radius 1 is 0.562 bits per heavy atom. The van der Waals surface area contributed by atoms with Crippen molar-refractivity contribution in [2.24, 2.45) is 0 Å². The lowest BCUT2D eigenvalue weighted by Crippen LogP contribution is -2.15. The SMILES string of the molecule is O=C(O)c1cc(-c2cc(C(=O)O)c(C(=O)O)c(S(=O)(=O)F)c2)cc(S(=O)(=O)F)c1C(=O)O. The summed E-state index contributed by atoms with van der Waals surface area (Å²) >= 11 is 0. The molecule has 32 heavy (non-hydrogen) atoms. The van der Waals surface area contributed by atoms with Gasteiger partial charge in [0.15, 0.2) is 0 Å². The first kappa shape index (κ1) is 24.4. The number of benzene rings is 2. The van der Waals surface area contributed by atoms with Crippen molar-refractivity contribution in [3.05, 3.63) is 46.5 Å². The zero-order valence-electron chi connectivity index (χ0n) is 14.9. The molecule has 0 fully saturated rings. The molecule has 0 aromatic heterocycles. The summed E-state index contributed by atoms with van der Waals surface area (Å²) in [5.74, 6) is -8.45. The maximum Gasteiger partial charge on any atom is 0.338 e. The monoisotopic (exact) mass is 494 g/mol. The van der Waals surface area contributed by atoms with Gasteiger partial charge in [-0.05, 0) is 35.4 Å². The number of carboxylic acids is 4. The Bertz CT molecular complexity index is 1320. The van der Waals surface area contributed by atoms with Crippen LogP contribution in [-0.4, -0.2) is 61.1 Å². The fourth-order valence-electron chi connectivity index (χ4n) is 2.73. The van der Waals surface area contributed by atoms with Crippen molar-refractivity contribution in [1.82, 2.24) is 0 Å². The number of rotatable bonds is 7. The normalized spacial score (nSPS) is 11.7. The maximum absolute atomic E-state index is 13.7. The number of hydrogen-bond acceptors (Lipinski definition) is 8. The molecular weight excluding hydrogens is 486 g/mol. The lowest BCUT2D eigenvalue weighted by molar-refractivity contribution is 0.0648. The molecule has 0 aliphatic carbocycles. The average molecular weight is 494 g/mol. The molecule has 12 nitrogen and oxygen atoms in total. The smallest absolute Gasteiger partial charge is 0.338 e. The summed E-state index contributed by atoms with van der Waals surface area (Å²) in [5, 5.41) is 36.7. The van der Waals surface area contributed by atoms with Gasteiger partial charge in [0.2, 0.25) is 0 Å². The van der Waals surface area contributed by atoms with E-state index in [-0.39, 0.29) is 12.1 Å². The molecule has 0 saturated heterocycles. The summed E-state index contributed by atoms with van der Waals surface area (Å²) in [5.41, 5.74) is -7.13. The third kappa shape index (κ3) is 4.54. The Morgan fingerprint density at radius 3 is 1.03 bits per heavy atom. The van der Waals surface area contributed by atoms with Gasteiger partial charge in [-0.15, -0.1) is 7.77 Å². The molecule has 0 unspecified atom stereocenters. The predicted molar refractivity (Wildman–Crippen MR) is 96.3 cm³/mol. The lowest BCUT2D eigenvalue weighted by Gasteiger charge is -2.13. The van der Waals surface area contributed by atoms with Crippen molar-refractivity contribution in [3.63, 3.8) is 0 Å². The van der Waals surface area contributed by atoms with Crippen LogP contribution in [0.25, 0.3) is 11.1 Å². The van der Waals surface area contributed by atoms with Crippen LogP contribution in [0.2, 0.25) is 0 Å². The number of hydrogen-bond donors (Lipinski definition) is 4. The molecule has 4 N–H and O–H groups in total. The molecule has 0 saturated carbocycles. The first-order chi connectivity index (χ1) is 14.5. The van der Waals surface area contributed by atoms with E-state index in [1.54, 1.807) is 0 Å². The van der Waals surface area contributed by atoms with Crippen molar-refractivity contribution in [1.29, 1.82) is 0 Å². The van der Waals surface area contributed by atoms with Crippen molar-refractivity contribution in [2.75, 3.05) is 0 Å². The van der Waals surface area contributed by atoms with Crippen molar-refractivity contribution in [3.8, 4) is 11.1 Å². The van der Waals surface area contributed by atoms with E-state index >= 15 is 0 Å². The molecule has 0 aliphatic heterocycles. The highest BCUT2D eigenvalue weighted by Crippen LogP contribution is 2.34. The van der Waals surface area contributed by atoms with E-state index in [1.165, 1.54) is 0 Å². The summed E-state index contributed by atoms with van der Waals surface area (Å²) < 4.78 is 73.1. The molecule has 0 bridgehead atoms. The average Bonchev–Trinajstić information content (AvgIpc) is 2.63. The van der Waals surface area contributed by atoms with Crippen LogP contribution in [0, 0.1) is 0 Å². The van der Waals surface area contributed by atoms with Gasteiger partial charge in [-0.1, -0.05) is 0 Å². The standard InChI is InChI=1S/C16H8F2O12S2/c17-31(27,28)9-3-5(1-7(13(19)20)11(9)15(23)24)6-2-8(14(21)22)12(16(25)26)10(4-6)32(18,29)30/h1-4H,(H,19,20)(H,21,22)(H,23,24)(H,25,26). The van der Waals surface area contributed by atoms with E-state index in [1.807, 2.05) is 0 Å². The van der Waals surface area contributed by atoms with Crippen LogP contribution in [0.5, 0.6) is 0 Å². The van der Waals surface area contributed by atoms with Gasteiger partial charge >= 0.3 is 44.3 Å². The maximum atomic E-state index is 13.7. The van der Waals surface area contributed by atoms with Crippen molar-refractivity contribution >= 4 is 44.3 Å². The summed E-state index contributed by atoms with van der Waals surface area (Å²) in [6.45, 7) is 0. The highest BCUT2D eigenvalue weighted by molar-refractivity contribution is 7.86. The Kier molecular flexibility index (Phi) is 6.06. The van der Waals surface area contributed by atoms with Crippen LogP contribution >= 0.6 is 0 Å². The molecule has 2 aromatic rings. The number of carbonyl (C=O) groups is 4. The molecule has 0 heterocycles. The first-order valence-electron chi connectivity index (χ1n) is 7.65. The molecule has 0 radical (unpaired) electrons. The highest BCUT2D eigenvalue weighted by Gasteiger charge is 2.32. The fraction of sp³-hybridized carbons (Fsp3) is 0. The second-order valence-corrected chi connectivity index (χ2v) is 8.52. The summed E-state index contributed by atoms with van der Waals surface area (Å²) in [7, 11) is -11.8. The minimum atomic E-state index is -5.90. The molecule has 0 atom stereocenters. The zero-order valence-corrected chi connectivity index (χ0v) is 16.6. The van der Waals surface area contributed by atoms with Gasteiger partial charge in [-0.3, -0.25) is 0 Å². The second kappa shape index (κ2) is 7.97.